The molecule has 31 heavy (non-hydrogen) atoms. The maximum atomic E-state index is 13.2. The first-order chi connectivity index (χ1) is 14.8. The summed E-state index contributed by atoms with van der Waals surface area (Å²) >= 11 is 9.55. The third-order valence-corrected chi connectivity index (χ3v) is 5.97. The Balaban J connectivity index is 1.98. The predicted molar refractivity (Wildman–Crippen MR) is 127 cm³/mol. The van der Waals surface area contributed by atoms with Gasteiger partial charge in [-0.2, -0.15) is 0 Å². The molecule has 3 aromatic rings. The summed E-state index contributed by atoms with van der Waals surface area (Å²) in [5, 5.41) is 3.91. The van der Waals surface area contributed by atoms with Crippen molar-refractivity contribution < 1.29 is 9.53 Å². The summed E-state index contributed by atoms with van der Waals surface area (Å²) in [6.45, 7) is 2.78. The largest absolute Gasteiger partial charge is 0.385 e. The van der Waals surface area contributed by atoms with Crippen LogP contribution in [0.5, 0.6) is 0 Å². The minimum Gasteiger partial charge on any atom is -0.385 e. The highest BCUT2D eigenvalue weighted by Gasteiger charge is 2.25. The van der Waals surface area contributed by atoms with E-state index in [1.54, 1.807) is 37.3 Å². The molecule has 0 aliphatic heterocycles. The molecule has 0 aliphatic rings. The number of amides is 2. The van der Waals surface area contributed by atoms with Crippen LogP contribution in [0.2, 0.25) is 5.02 Å². The molecule has 0 saturated carbocycles. The zero-order chi connectivity index (χ0) is 22.5. The molecule has 9 heteroatoms. The van der Waals surface area contributed by atoms with Gasteiger partial charge in [-0.25, -0.2) is 9.78 Å². The van der Waals surface area contributed by atoms with Crippen LogP contribution < -0.4 is 10.9 Å². The highest BCUT2D eigenvalue weighted by molar-refractivity contribution is 9.10. The Hall–Kier alpha value is -2.42. The molecule has 1 heterocycles. The number of methoxy groups -OCH3 is 1. The summed E-state index contributed by atoms with van der Waals surface area (Å²) in [7, 11) is 3.28. The normalized spacial score (nSPS) is 12.0. The van der Waals surface area contributed by atoms with Gasteiger partial charge in [0.15, 0.2) is 0 Å². The number of carbonyl (C=O) groups excluding carboxylic acids is 1. The number of nitrogens with zero attached hydrogens (tertiary/aromatic N) is 3. The molecule has 3 rings (SSSR count). The smallest absolute Gasteiger partial charge is 0.322 e. The van der Waals surface area contributed by atoms with E-state index in [1.807, 2.05) is 31.2 Å². The summed E-state index contributed by atoms with van der Waals surface area (Å²) in [6.07, 6.45) is 0.636. The molecule has 7 nitrogen and oxygen atoms in total. The number of anilines is 1. The highest BCUT2D eigenvalue weighted by atomic mass is 79.9. The second-order valence-corrected chi connectivity index (χ2v) is 8.41. The van der Waals surface area contributed by atoms with E-state index in [0.29, 0.717) is 47.0 Å². The highest BCUT2D eigenvalue weighted by Crippen LogP contribution is 2.25. The Morgan fingerprint density at radius 2 is 2.06 bits per heavy atom. The number of rotatable bonds is 7. The molecule has 1 N–H and O–H groups in total. The van der Waals surface area contributed by atoms with Crippen LogP contribution in [0, 0.1) is 0 Å². The molecule has 2 amide bonds. The maximum Gasteiger partial charge on any atom is 0.322 e. The number of benzene rings is 2. The summed E-state index contributed by atoms with van der Waals surface area (Å²) < 4.78 is 7.42. The molecule has 164 valence electrons. The first-order valence-corrected chi connectivity index (χ1v) is 11.0. The number of carbonyl (C=O) groups is 1. The van der Waals surface area contributed by atoms with Crippen molar-refractivity contribution in [1.29, 1.82) is 0 Å². The lowest BCUT2D eigenvalue weighted by Crippen LogP contribution is -2.40. The zero-order valence-corrected chi connectivity index (χ0v) is 19.9. The van der Waals surface area contributed by atoms with Crippen molar-refractivity contribution in [2.45, 2.75) is 19.4 Å². The van der Waals surface area contributed by atoms with Crippen LogP contribution in [0.3, 0.4) is 0 Å². The Bertz CT molecular complexity index is 1150. The number of urea groups is 1. The first-order valence-electron chi connectivity index (χ1n) is 9.80. The van der Waals surface area contributed by atoms with Gasteiger partial charge in [0.1, 0.15) is 5.82 Å². The van der Waals surface area contributed by atoms with Crippen molar-refractivity contribution >= 4 is 50.2 Å². The lowest BCUT2D eigenvalue weighted by atomic mass is 10.2. The fourth-order valence-electron chi connectivity index (χ4n) is 3.37. The Morgan fingerprint density at radius 1 is 1.32 bits per heavy atom. The monoisotopic (exact) mass is 506 g/mol. The molecule has 2 aromatic carbocycles. The fraction of sp³-hybridized carbons (Fsp3) is 0.318. The number of hydrogen-bond donors (Lipinski definition) is 1. The van der Waals surface area contributed by atoms with Gasteiger partial charge >= 0.3 is 6.03 Å². The number of ether oxygens (including phenoxy) is 1. The van der Waals surface area contributed by atoms with Gasteiger partial charge in [0.05, 0.1) is 22.6 Å². The van der Waals surface area contributed by atoms with Gasteiger partial charge in [0, 0.05) is 36.8 Å². The number of halogens is 2. The first kappa shape index (κ1) is 23.2. The molecule has 0 aliphatic carbocycles. The van der Waals surface area contributed by atoms with Gasteiger partial charge in [0.25, 0.3) is 5.56 Å². The van der Waals surface area contributed by atoms with E-state index in [-0.39, 0.29) is 11.6 Å². The van der Waals surface area contributed by atoms with E-state index in [9.17, 15) is 9.59 Å². The van der Waals surface area contributed by atoms with Gasteiger partial charge < -0.3 is 15.0 Å². The third-order valence-electron chi connectivity index (χ3n) is 5.04. The summed E-state index contributed by atoms with van der Waals surface area (Å²) in [5.41, 5.74) is 0.968. The van der Waals surface area contributed by atoms with Crippen LogP contribution in [0.1, 0.15) is 25.2 Å². The molecule has 0 radical (unpaired) electrons. The van der Waals surface area contributed by atoms with Gasteiger partial charge in [0.2, 0.25) is 0 Å². The lowest BCUT2D eigenvalue weighted by molar-refractivity contribution is 0.158. The number of aromatic nitrogens is 2. The van der Waals surface area contributed by atoms with Gasteiger partial charge in [-0.15, -0.1) is 0 Å². The quantitative estimate of drug-likeness (QED) is 0.458. The minimum absolute atomic E-state index is 0.188. The number of fused-ring (bicyclic) bond motifs is 1. The van der Waals surface area contributed by atoms with Gasteiger partial charge in [-0.05, 0) is 59.6 Å². The van der Waals surface area contributed by atoms with Crippen molar-refractivity contribution in [2.24, 2.45) is 7.05 Å². The number of hydrogen-bond acceptors (Lipinski definition) is 4. The molecule has 1 atom stereocenters. The molecule has 0 fully saturated rings. The molecule has 0 saturated heterocycles. The van der Waals surface area contributed by atoms with Crippen molar-refractivity contribution in [3.05, 3.63) is 68.1 Å². The Kier molecular flexibility index (Phi) is 7.69. The van der Waals surface area contributed by atoms with Crippen LogP contribution in [-0.4, -0.2) is 40.7 Å². The maximum absolute atomic E-state index is 13.2. The minimum atomic E-state index is -0.472. The van der Waals surface area contributed by atoms with Crippen molar-refractivity contribution in [3.8, 4) is 0 Å². The molecular formula is C22H24BrClN4O3. The van der Waals surface area contributed by atoms with Gasteiger partial charge in [-0.3, -0.25) is 9.36 Å². The summed E-state index contributed by atoms with van der Waals surface area (Å²) in [6, 6.07) is 11.6. The van der Waals surface area contributed by atoms with Crippen molar-refractivity contribution in [1.82, 2.24) is 14.5 Å². The average molecular weight is 508 g/mol. The molecule has 1 aromatic heterocycles. The van der Waals surface area contributed by atoms with Crippen LogP contribution in [-0.2, 0) is 11.8 Å². The summed E-state index contributed by atoms with van der Waals surface area (Å²) in [5.74, 6) is 0.472. The number of para-hydroxylation sites is 1. The van der Waals surface area contributed by atoms with Crippen molar-refractivity contribution in [3.63, 3.8) is 0 Å². The van der Waals surface area contributed by atoms with Crippen molar-refractivity contribution in [2.75, 3.05) is 25.6 Å². The average Bonchev–Trinajstić information content (AvgIpc) is 2.74. The Labute approximate surface area is 194 Å². The van der Waals surface area contributed by atoms with E-state index in [2.05, 4.69) is 26.2 Å². The predicted octanol–water partition coefficient (Wildman–Crippen LogP) is 4.98. The summed E-state index contributed by atoms with van der Waals surface area (Å²) in [4.78, 5) is 32.4. The second-order valence-electron chi connectivity index (χ2n) is 7.12. The van der Waals surface area contributed by atoms with E-state index >= 15 is 0 Å². The van der Waals surface area contributed by atoms with Crippen LogP contribution >= 0.6 is 27.5 Å². The fourth-order valence-corrected chi connectivity index (χ4v) is 3.92. The van der Waals surface area contributed by atoms with Crippen LogP contribution in [0.25, 0.3) is 10.9 Å². The Morgan fingerprint density at radius 3 is 2.77 bits per heavy atom. The molecule has 0 bridgehead atoms. The van der Waals surface area contributed by atoms with Crippen LogP contribution in [0.15, 0.2) is 51.7 Å². The van der Waals surface area contributed by atoms with E-state index in [4.69, 9.17) is 16.3 Å². The van der Waals surface area contributed by atoms with E-state index in [1.165, 1.54) is 4.57 Å². The topological polar surface area (TPSA) is 76.5 Å². The number of nitrogens with one attached hydrogen (secondary N) is 1. The third kappa shape index (κ3) is 5.26. The molecule has 0 spiro atoms. The van der Waals surface area contributed by atoms with Crippen LogP contribution in [0.4, 0.5) is 10.5 Å². The SMILES string of the molecule is COCCCN(C(=O)Nc1ccccc1Br)C(C)c1nc2cc(Cl)ccc2c(=O)n1C. The second kappa shape index (κ2) is 10.3. The standard InChI is InChI=1S/C22H24BrClN4O3/c1-14(20-25-19-13-15(24)9-10-16(19)21(29)27(20)2)28(11-6-12-31-3)22(30)26-18-8-5-4-7-17(18)23/h4-5,7-10,13-14H,6,11-12H2,1-3H3,(H,26,30). The van der Waals surface area contributed by atoms with E-state index < -0.39 is 6.04 Å². The molecular weight excluding hydrogens is 484 g/mol. The zero-order valence-electron chi connectivity index (χ0n) is 17.6. The lowest BCUT2D eigenvalue weighted by Gasteiger charge is -2.30. The van der Waals surface area contributed by atoms with E-state index in [0.717, 1.165) is 4.47 Å². The molecule has 1 unspecified atom stereocenters. The van der Waals surface area contributed by atoms with Gasteiger partial charge in [-0.1, -0.05) is 23.7 Å².